The molecule has 0 radical (unpaired) electrons. The maximum atomic E-state index is 15.0. The van der Waals surface area contributed by atoms with Gasteiger partial charge in [0.05, 0.1) is 18.4 Å². The highest BCUT2D eigenvalue weighted by Gasteiger charge is 2.63. The topological polar surface area (TPSA) is 176 Å². The molecule has 4 heterocycles. The van der Waals surface area contributed by atoms with Gasteiger partial charge in [-0.1, -0.05) is 32.4 Å². The molecular weight excluding hydrogens is 794 g/mol. The lowest BCUT2D eigenvalue weighted by Gasteiger charge is -2.37. The number of pyridine rings is 1. The fraction of sp³-hybridized carbons (Fsp3) is 0.634. The summed E-state index contributed by atoms with van der Waals surface area (Å²) in [6, 6.07) is 1.26. The molecule has 14 nitrogen and oxygen atoms in total. The molecule has 7 atom stereocenters. The van der Waals surface area contributed by atoms with Crippen molar-refractivity contribution in [2.24, 2.45) is 17.8 Å². The minimum Gasteiger partial charge on any atom is -0.494 e. The average molecular weight is 847 g/mol. The Labute approximate surface area is 342 Å². The number of carbonyl (C=O) groups is 4. The summed E-state index contributed by atoms with van der Waals surface area (Å²) in [4.78, 5) is 64.3. The third-order valence-corrected chi connectivity index (χ3v) is 15.1. The first kappa shape index (κ1) is 42.5. The summed E-state index contributed by atoms with van der Waals surface area (Å²) < 4.78 is 82.2. The third kappa shape index (κ3) is 8.69. The summed E-state index contributed by atoms with van der Waals surface area (Å²) in [6.45, 7) is 4.91. The summed E-state index contributed by atoms with van der Waals surface area (Å²) in [6.07, 6.45) is 6.40. The normalized spacial score (nSPS) is 31.1. The molecule has 2 aliphatic carbocycles. The molecule has 0 spiro atoms. The molecule has 5 amide bonds. The van der Waals surface area contributed by atoms with Gasteiger partial charge in [-0.05, 0) is 80.9 Å². The zero-order chi connectivity index (χ0) is 42.5. The fourth-order valence-corrected chi connectivity index (χ4v) is 9.94. The van der Waals surface area contributed by atoms with Crippen LogP contribution in [-0.4, -0.2) is 108 Å². The van der Waals surface area contributed by atoms with Crippen LogP contribution in [0.5, 0.6) is 11.6 Å². The molecule has 0 bridgehead atoms. The van der Waals surface area contributed by atoms with Crippen molar-refractivity contribution in [3.8, 4) is 11.6 Å². The number of hydrogen-bond acceptors (Lipinski definition) is 9. The number of rotatable bonds is 8. The molecule has 1 aromatic carbocycles. The lowest BCUT2D eigenvalue weighted by molar-refractivity contribution is -0.142. The number of amides is 5. The molecule has 7 rings (SSSR count). The number of sulfonamides is 1. The second-order valence-corrected chi connectivity index (χ2v) is 19.4. The largest absolute Gasteiger partial charge is 0.494 e. The van der Waals surface area contributed by atoms with E-state index in [1.165, 1.54) is 35.2 Å². The highest BCUT2D eigenvalue weighted by molar-refractivity contribution is 7.91. The van der Waals surface area contributed by atoms with E-state index in [1.54, 1.807) is 13.0 Å². The van der Waals surface area contributed by atoms with Crippen molar-refractivity contribution in [2.75, 3.05) is 26.7 Å². The van der Waals surface area contributed by atoms with Crippen LogP contribution in [0.1, 0.15) is 85.0 Å². The molecule has 5 aliphatic rings. The van der Waals surface area contributed by atoms with Crippen molar-refractivity contribution < 1.29 is 50.2 Å². The molecule has 2 saturated carbocycles. The van der Waals surface area contributed by atoms with Gasteiger partial charge in [-0.25, -0.2) is 31.4 Å². The van der Waals surface area contributed by atoms with Gasteiger partial charge in [-0.3, -0.25) is 19.1 Å². The standard InChI is InChI=1S/C41H53F3N6O8S/c1-5-25-18-24(2)8-6-7-9-27-22-41(27,37(53)48-59(55,56)39(3)11-12-39)47-34(51)31-20-28(58-35-29-21-30(42)32(57-4)19-26(29)10-15-45-35)23-50(31)36(52)33(25)46-38(54)49-16-13-40(43,44)14-17-49/h7,9-10,15,19,21,24-25,27-28,31,33H,5-6,8,11-14,16-18,20,22-23H2,1-4H3,(H,46,54)(H,47,51)(H,48,53)/b9-7-/t24-,25-,27-,28-,31+,33+,41-/m1/s1. The minimum absolute atomic E-state index is 0.0139. The number of ether oxygens (including phenoxy) is 2. The predicted molar refractivity (Wildman–Crippen MR) is 210 cm³/mol. The number of nitrogens with zero attached hydrogens (tertiary/aromatic N) is 3. The molecule has 2 saturated heterocycles. The van der Waals surface area contributed by atoms with E-state index in [1.807, 2.05) is 26.0 Å². The fourth-order valence-electron chi connectivity index (χ4n) is 8.63. The Morgan fingerprint density at radius 1 is 1.10 bits per heavy atom. The van der Waals surface area contributed by atoms with Crippen molar-refractivity contribution in [2.45, 2.75) is 119 Å². The molecule has 3 N–H and O–H groups in total. The van der Waals surface area contributed by atoms with Gasteiger partial charge in [0.1, 0.15) is 23.7 Å². The average Bonchev–Trinajstić information content (AvgIpc) is 4.07. The zero-order valence-corrected chi connectivity index (χ0v) is 34.6. The number of methoxy groups -OCH3 is 1. The number of fused-ring (bicyclic) bond motifs is 3. The van der Waals surface area contributed by atoms with Crippen LogP contribution in [0.3, 0.4) is 0 Å². The highest BCUT2D eigenvalue weighted by Crippen LogP contribution is 2.48. The zero-order valence-electron chi connectivity index (χ0n) is 33.8. The first-order chi connectivity index (χ1) is 27.9. The van der Waals surface area contributed by atoms with E-state index in [0.717, 1.165) is 0 Å². The first-order valence-corrected chi connectivity index (χ1v) is 22.0. The molecular formula is C41H53F3N6O8S. The van der Waals surface area contributed by atoms with Crippen molar-refractivity contribution in [3.05, 3.63) is 42.4 Å². The maximum absolute atomic E-state index is 15.0. The molecule has 18 heteroatoms. The molecule has 2 aromatic rings. The van der Waals surface area contributed by atoms with Gasteiger partial charge in [0.2, 0.25) is 27.7 Å². The molecule has 0 unspecified atom stereocenters. The molecule has 1 aromatic heterocycles. The van der Waals surface area contributed by atoms with Crippen LogP contribution in [-0.2, 0) is 24.4 Å². The first-order valence-electron chi connectivity index (χ1n) is 20.5. The van der Waals surface area contributed by atoms with Crippen LogP contribution in [0.25, 0.3) is 10.8 Å². The van der Waals surface area contributed by atoms with Gasteiger partial charge in [0.25, 0.3) is 11.8 Å². The number of aromatic nitrogens is 1. The van der Waals surface area contributed by atoms with Gasteiger partial charge in [0.15, 0.2) is 11.6 Å². The number of benzene rings is 1. The summed E-state index contributed by atoms with van der Waals surface area (Å²) in [7, 11) is -2.72. The highest BCUT2D eigenvalue weighted by atomic mass is 32.2. The van der Waals surface area contributed by atoms with Gasteiger partial charge in [-0.2, -0.15) is 0 Å². The van der Waals surface area contributed by atoms with Gasteiger partial charge < -0.3 is 29.9 Å². The minimum atomic E-state index is -4.06. The van der Waals surface area contributed by atoms with E-state index >= 15 is 4.79 Å². The van der Waals surface area contributed by atoms with Gasteiger partial charge >= 0.3 is 6.03 Å². The molecule has 4 fully saturated rings. The number of piperidine rings is 1. The lowest BCUT2D eigenvalue weighted by atomic mass is 9.85. The van der Waals surface area contributed by atoms with Crippen LogP contribution in [0.4, 0.5) is 18.0 Å². The van der Waals surface area contributed by atoms with E-state index in [4.69, 9.17) is 9.47 Å². The van der Waals surface area contributed by atoms with Crippen LogP contribution >= 0.6 is 0 Å². The number of urea groups is 1. The Balaban J connectivity index is 1.23. The molecule has 322 valence electrons. The number of hydrogen-bond donors (Lipinski definition) is 3. The number of carbonyl (C=O) groups excluding carboxylic acids is 4. The SMILES string of the molecule is CC[C@@H]1C[C@H](C)CC/C=C\[C@@H]2C[C@@]2(C(=O)NS(=O)(=O)C2(C)CC2)NC(=O)[C@@H]2C[C@@H](Oc3nccc4cc(OC)c(F)cc34)CN2C(=O)[C@H]1NC(=O)N1CCC(F)(F)CC1. The van der Waals surface area contributed by atoms with E-state index in [2.05, 4.69) is 20.3 Å². The Morgan fingerprint density at radius 3 is 2.51 bits per heavy atom. The van der Waals surface area contributed by atoms with Crippen LogP contribution in [0.15, 0.2) is 36.5 Å². The van der Waals surface area contributed by atoms with E-state index in [0.29, 0.717) is 49.3 Å². The Bertz CT molecular complexity index is 2130. The number of halogens is 3. The number of allylic oxidation sites excluding steroid dienone is 1. The second kappa shape index (κ2) is 16.1. The lowest BCUT2D eigenvalue weighted by Crippen LogP contribution is -2.60. The van der Waals surface area contributed by atoms with E-state index < -0.39 is 98.7 Å². The van der Waals surface area contributed by atoms with Crippen molar-refractivity contribution in [1.29, 1.82) is 0 Å². The Morgan fingerprint density at radius 2 is 1.83 bits per heavy atom. The quantitative estimate of drug-likeness (QED) is 0.315. The number of alkyl halides is 2. The van der Waals surface area contributed by atoms with E-state index in [-0.39, 0.29) is 50.0 Å². The molecule has 3 aliphatic heterocycles. The van der Waals surface area contributed by atoms with Crippen LogP contribution < -0.4 is 24.8 Å². The summed E-state index contributed by atoms with van der Waals surface area (Å²) >= 11 is 0. The number of likely N-dealkylation sites (tertiary alicyclic amines) is 1. The van der Waals surface area contributed by atoms with Crippen molar-refractivity contribution >= 4 is 44.5 Å². The Hall–Kier alpha value is -4.61. The summed E-state index contributed by atoms with van der Waals surface area (Å²) in [5, 5.41) is 6.59. The summed E-state index contributed by atoms with van der Waals surface area (Å²) in [5.74, 6) is -6.57. The van der Waals surface area contributed by atoms with E-state index in [9.17, 15) is 36.0 Å². The monoisotopic (exact) mass is 846 g/mol. The van der Waals surface area contributed by atoms with Crippen molar-refractivity contribution in [1.82, 2.24) is 30.1 Å². The van der Waals surface area contributed by atoms with Gasteiger partial charge in [-0.15, -0.1) is 0 Å². The van der Waals surface area contributed by atoms with Crippen LogP contribution in [0, 0.1) is 23.6 Å². The maximum Gasteiger partial charge on any atom is 0.318 e. The third-order valence-electron chi connectivity index (χ3n) is 12.9. The van der Waals surface area contributed by atoms with Crippen LogP contribution in [0.2, 0.25) is 0 Å². The smallest absolute Gasteiger partial charge is 0.318 e. The Kier molecular flexibility index (Phi) is 11.6. The second-order valence-electron chi connectivity index (χ2n) is 17.2. The summed E-state index contributed by atoms with van der Waals surface area (Å²) in [5.41, 5.74) is -1.62. The molecule has 59 heavy (non-hydrogen) atoms. The van der Waals surface area contributed by atoms with Crippen molar-refractivity contribution in [3.63, 3.8) is 0 Å². The predicted octanol–water partition coefficient (Wildman–Crippen LogP) is 4.82. The number of nitrogens with one attached hydrogen (secondary N) is 3. The van der Waals surface area contributed by atoms with Gasteiger partial charge in [0, 0.05) is 49.9 Å².